The van der Waals surface area contributed by atoms with E-state index in [1.807, 2.05) is 0 Å². The average molecular weight is 188 g/mol. The number of para-hydroxylation sites is 1. The van der Waals surface area contributed by atoms with Crippen LogP contribution in [0, 0.1) is 0 Å². The second kappa shape index (κ2) is 2.99. The first-order valence-electron chi connectivity index (χ1n) is 5.38. The van der Waals surface area contributed by atoms with Gasteiger partial charge in [0.2, 0.25) is 0 Å². The normalized spacial score (nSPS) is 26.1. The molecule has 2 aliphatic rings. The van der Waals surface area contributed by atoms with Crippen molar-refractivity contribution in [1.29, 1.82) is 0 Å². The molecule has 2 aliphatic heterocycles. The van der Waals surface area contributed by atoms with Crippen molar-refractivity contribution in [2.45, 2.75) is 12.5 Å². The molecule has 2 heterocycles. The SMILES string of the molecule is CN1CCN2c3ccccc3C[C@@H]2C1. The van der Waals surface area contributed by atoms with E-state index in [-0.39, 0.29) is 0 Å². The van der Waals surface area contributed by atoms with E-state index >= 15 is 0 Å². The predicted octanol–water partition coefficient (Wildman–Crippen LogP) is 1.36. The minimum absolute atomic E-state index is 0.728. The summed E-state index contributed by atoms with van der Waals surface area (Å²) in [5.41, 5.74) is 3.01. The molecule has 0 spiro atoms. The van der Waals surface area contributed by atoms with Crippen LogP contribution in [0.5, 0.6) is 0 Å². The van der Waals surface area contributed by atoms with Gasteiger partial charge in [-0.15, -0.1) is 0 Å². The molecule has 0 radical (unpaired) electrons. The number of piperazine rings is 1. The van der Waals surface area contributed by atoms with Gasteiger partial charge in [-0.2, -0.15) is 0 Å². The molecule has 0 amide bonds. The molecule has 0 aliphatic carbocycles. The van der Waals surface area contributed by atoms with E-state index in [0.717, 1.165) is 6.04 Å². The maximum atomic E-state index is 2.58. The molecule has 0 bridgehead atoms. The molecular weight excluding hydrogens is 172 g/mol. The zero-order valence-corrected chi connectivity index (χ0v) is 8.61. The molecule has 1 atom stereocenters. The molecule has 0 aromatic heterocycles. The van der Waals surface area contributed by atoms with Crippen molar-refractivity contribution in [1.82, 2.24) is 4.90 Å². The largest absolute Gasteiger partial charge is 0.365 e. The summed E-state index contributed by atoms with van der Waals surface area (Å²) in [6.07, 6.45) is 1.24. The first kappa shape index (κ1) is 8.30. The smallest absolute Gasteiger partial charge is 0.0458 e. The van der Waals surface area contributed by atoms with Crippen molar-refractivity contribution in [2.75, 3.05) is 31.6 Å². The number of fused-ring (bicyclic) bond motifs is 3. The van der Waals surface area contributed by atoms with E-state index in [9.17, 15) is 0 Å². The van der Waals surface area contributed by atoms with Gasteiger partial charge in [-0.1, -0.05) is 18.2 Å². The Bertz CT molecular complexity index is 348. The highest BCUT2D eigenvalue weighted by atomic mass is 15.3. The third-order valence-electron chi connectivity index (χ3n) is 3.44. The van der Waals surface area contributed by atoms with Gasteiger partial charge in [0.25, 0.3) is 0 Å². The molecule has 2 heteroatoms. The number of hydrogen-bond donors (Lipinski definition) is 0. The minimum Gasteiger partial charge on any atom is -0.365 e. The van der Waals surface area contributed by atoms with Gasteiger partial charge in [-0.05, 0) is 25.1 Å². The number of likely N-dealkylation sites (N-methyl/N-ethyl adjacent to an activating group) is 1. The van der Waals surface area contributed by atoms with Crippen LogP contribution >= 0.6 is 0 Å². The molecule has 2 nitrogen and oxygen atoms in total. The van der Waals surface area contributed by atoms with Crippen LogP contribution in [0.3, 0.4) is 0 Å². The predicted molar refractivity (Wildman–Crippen MR) is 58.8 cm³/mol. The molecule has 1 fully saturated rings. The average Bonchev–Trinajstić information content (AvgIpc) is 2.54. The third kappa shape index (κ3) is 1.14. The summed E-state index contributed by atoms with van der Waals surface area (Å²) in [5, 5.41) is 0. The van der Waals surface area contributed by atoms with Crippen LogP contribution < -0.4 is 4.90 Å². The van der Waals surface area contributed by atoms with Gasteiger partial charge in [-0.3, -0.25) is 0 Å². The van der Waals surface area contributed by atoms with Crippen LogP contribution in [0.1, 0.15) is 5.56 Å². The van der Waals surface area contributed by atoms with E-state index in [4.69, 9.17) is 0 Å². The lowest BCUT2D eigenvalue weighted by Gasteiger charge is -2.37. The highest BCUT2D eigenvalue weighted by molar-refractivity contribution is 5.59. The number of hydrogen-bond acceptors (Lipinski definition) is 2. The molecule has 1 aromatic rings. The van der Waals surface area contributed by atoms with Crippen LogP contribution in [-0.2, 0) is 6.42 Å². The van der Waals surface area contributed by atoms with Gasteiger partial charge in [0.1, 0.15) is 0 Å². The zero-order chi connectivity index (χ0) is 9.54. The Morgan fingerprint density at radius 3 is 3.00 bits per heavy atom. The Hall–Kier alpha value is -1.02. The Balaban J connectivity index is 1.94. The Labute approximate surface area is 85.1 Å². The number of anilines is 1. The lowest BCUT2D eigenvalue weighted by Crippen LogP contribution is -2.50. The molecule has 0 unspecified atom stereocenters. The Kier molecular flexibility index (Phi) is 1.77. The third-order valence-corrected chi connectivity index (χ3v) is 3.44. The van der Waals surface area contributed by atoms with Crippen LogP contribution in [0.15, 0.2) is 24.3 Å². The summed E-state index contributed by atoms with van der Waals surface area (Å²) in [5.74, 6) is 0. The summed E-state index contributed by atoms with van der Waals surface area (Å²) in [4.78, 5) is 5.02. The lowest BCUT2D eigenvalue weighted by atomic mass is 10.1. The molecular formula is C12H16N2. The van der Waals surface area contributed by atoms with Gasteiger partial charge >= 0.3 is 0 Å². The fourth-order valence-electron chi connectivity index (χ4n) is 2.72. The second-order valence-electron chi connectivity index (χ2n) is 4.44. The van der Waals surface area contributed by atoms with Crippen LogP contribution in [0.25, 0.3) is 0 Å². The number of rotatable bonds is 0. The number of nitrogens with zero attached hydrogens (tertiary/aromatic N) is 2. The van der Waals surface area contributed by atoms with Crippen molar-refractivity contribution in [3.05, 3.63) is 29.8 Å². The monoisotopic (exact) mass is 188 g/mol. The second-order valence-corrected chi connectivity index (χ2v) is 4.44. The fourth-order valence-corrected chi connectivity index (χ4v) is 2.72. The summed E-state index contributed by atoms with van der Waals surface area (Å²) in [6.45, 7) is 3.61. The Morgan fingerprint density at radius 1 is 1.21 bits per heavy atom. The molecule has 3 rings (SSSR count). The van der Waals surface area contributed by atoms with E-state index in [1.54, 1.807) is 0 Å². The lowest BCUT2D eigenvalue weighted by molar-refractivity contribution is 0.273. The molecule has 0 N–H and O–H groups in total. The Morgan fingerprint density at radius 2 is 2.07 bits per heavy atom. The van der Waals surface area contributed by atoms with Crippen LogP contribution in [-0.4, -0.2) is 37.6 Å². The number of benzene rings is 1. The standard InChI is InChI=1S/C12H16N2/c1-13-6-7-14-11(9-13)8-10-4-2-3-5-12(10)14/h2-5,11H,6-9H2,1H3/t11-/m1/s1. The molecule has 1 saturated heterocycles. The van der Waals surface area contributed by atoms with Gasteiger partial charge < -0.3 is 9.80 Å². The van der Waals surface area contributed by atoms with Crippen molar-refractivity contribution < 1.29 is 0 Å². The van der Waals surface area contributed by atoms with Crippen LogP contribution in [0.2, 0.25) is 0 Å². The fraction of sp³-hybridized carbons (Fsp3) is 0.500. The maximum absolute atomic E-state index is 2.58. The van der Waals surface area contributed by atoms with Crippen LogP contribution in [0.4, 0.5) is 5.69 Å². The van der Waals surface area contributed by atoms with E-state index in [1.165, 1.54) is 37.3 Å². The van der Waals surface area contributed by atoms with Crippen molar-refractivity contribution in [3.8, 4) is 0 Å². The van der Waals surface area contributed by atoms with Gasteiger partial charge in [0, 0.05) is 31.4 Å². The van der Waals surface area contributed by atoms with Gasteiger partial charge in [-0.25, -0.2) is 0 Å². The first-order chi connectivity index (χ1) is 6.84. The van der Waals surface area contributed by atoms with Crippen molar-refractivity contribution >= 4 is 5.69 Å². The quantitative estimate of drug-likeness (QED) is 0.606. The first-order valence-corrected chi connectivity index (χ1v) is 5.38. The van der Waals surface area contributed by atoms with E-state index < -0.39 is 0 Å². The summed E-state index contributed by atoms with van der Waals surface area (Å²) in [6, 6.07) is 9.57. The highest BCUT2D eigenvalue weighted by Crippen LogP contribution is 2.33. The summed E-state index contributed by atoms with van der Waals surface area (Å²) in [7, 11) is 2.22. The zero-order valence-electron chi connectivity index (χ0n) is 8.61. The molecule has 74 valence electrons. The van der Waals surface area contributed by atoms with Crippen molar-refractivity contribution in [3.63, 3.8) is 0 Å². The van der Waals surface area contributed by atoms with Crippen molar-refractivity contribution in [2.24, 2.45) is 0 Å². The van der Waals surface area contributed by atoms with E-state index in [0.29, 0.717) is 0 Å². The maximum Gasteiger partial charge on any atom is 0.0458 e. The van der Waals surface area contributed by atoms with Gasteiger partial charge in [0.15, 0.2) is 0 Å². The van der Waals surface area contributed by atoms with Gasteiger partial charge in [0.05, 0.1) is 0 Å². The summed E-state index contributed by atoms with van der Waals surface area (Å²) < 4.78 is 0. The topological polar surface area (TPSA) is 6.48 Å². The molecule has 0 saturated carbocycles. The highest BCUT2D eigenvalue weighted by Gasteiger charge is 2.32. The molecule has 14 heavy (non-hydrogen) atoms. The van der Waals surface area contributed by atoms with E-state index in [2.05, 4.69) is 41.1 Å². The molecule has 1 aromatic carbocycles. The summed E-state index contributed by atoms with van der Waals surface area (Å²) >= 11 is 0. The minimum atomic E-state index is 0.728.